The van der Waals surface area contributed by atoms with Gasteiger partial charge in [0.25, 0.3) is 0 Å². The van der Waals surface area contributed by atoms with E-state index in [0.29, 0.717) is 0 Å². The van der Waals surface area contributed by atoms with Gasteiger partial charge in [-0.3, -0.25) is 0 Å². The molecule has 0 aliphatic heterocycles. The fourth-order valence-electron chi connectivity index (χ4n) is 9.61. The average Bonchev–Trinajstić information content (AvgIpc) is 4.09. The second kappa shape index (κ2) is 16.3. The van der Waals surface area contributed by atoms with Crippen molar-refractivity contribution in [1.82, 2.24) is 0 Å². The topological polar surface area (TPSA) is 0 Å². The molecule has 0 N–H and O–H groups in total. The highest BCUT2D eigenvalue weighted by atomic mass is 32.1. The van der Waals surface area contributed by atoms with Crippen molar-refractivity contribution in [2.75, 3.05) is 0 Å². The summed E-state index contributed by atoms with van der Waals surface area (Å²) in [5.74, 6) is 0. The summed E-state index contributed by atoms with van der Waals surface area (Å²) in [6.45, 7) is 6.00. The Morgan fingerprint density at radius 2 is 0.554 bits per heavy atom. The Morgan fingerprint density at radius 3 is 0.969 bits per heavy atom. The Hall–Kier alpha value is -7.40. The maximum absolute atomic E-state index is 3.00. The fourth-order valence-corrected chi connectivity index (χ4v) is 13.4. The Bertz CT molecular complexity index is 3630. The third-order valence-corrected chi connectivity index (χ3v) is 16.4. The normalized spacial score (nSPS) is 11.5. The van der Waals surface area contributed by atoms with Crippen LogP contribution in [0.25, 0.3) is 127 Å². The van der Waals surface area contributed by atoms with Crippen molar-refractivity contribution in [3.63, 3.8) is 0 Å². The Kier molecular flexibility index (Phi) is 9.83. The molecule has 10 aromatic carbocycles. The number of benzene rings is 10. The van der Waals surface area contributed by atoms with E-state index in [-0.39, 0.29) is 0 Å². The molecule has 3 heteroatoms. The Labute approximate surface area is 390 Å². The van der Waals surface area contributed by atoms with E-state index in [0.717, 1.165) is 0 Å². The minimum atomic E-state index is 1.22. The first-order chi connectivity index (χ1) is 32.2. The van der Waals surface area contributed by atoms with Gasteiger partial charge in [0.05, 0.1) is 0 Å². The number of hydrogen-bond donors (Lipinski definition) is 0. The number of rotatable bonds is 6. The van der Waals surface area contributed by atoms with Gasteiger partial charge in [-0.25, -0.2) is 0 Å². The van der Waals surface area contributed by atoms with Crippen molar-refractivity contribution in [2.45, 2.75) is 0 Å². The van der Waals surface area contributed by atoms with Crippen molar-refractivity contribution >= 4 is 94.5 Å². The van der Waals surface area contributed by atoms with Gasteiger partial charge in [-0.1, -0.05) is 182 Å². The molecule has 0 saturated heterocycles. The minimum absolute atomic E-state index is 1.22. The van der Waals surface area contributed by atoms with Crippen LogP contribution >= 0.6 is 34.0 Å². The van der Waals surface area contributed by atoms with Crippen LogP contribution in [0.5, 0.6) is 0 Å². The zero-order chi connectivity index (χ0) is 43.4. The van der Waals surface area contributed by atoms with Gasteiger partial charge >= 0.3 is 0 Å². The van der Waals surface area contributed by atoms with E-state index in [1.165, 1.54) is 127 Å². The highest BCUT2D eigenvalue weighted by Crippen LogP contribution is 2.49. The smallest absolute Gasteiger partial charge is 0.0434 e. The summed E-state index contributed by atoms with van der Waals surface area (Å²) in [7, 11) is 0. The molecule has 0 nitrogen and oxygen atoms in total. The van der Waals surface area contributed by atoms with Crippen LogP contribution in [0.4, 0.5) is 0 Å². The molecule has 3 heterocycles. The second-order valence-corrected chi connectivity index (χ2v) is 19.5. The summed E-state index contributed by atoms with van der Waals surface area (Å²) >= 11 is 5.70. The van der Waals surface area contributed by atoms with E-state index in [4.69, 9.17) is 0 Å². The van der Waals surface area contributed by atoms with Gasteiger partial charge in [0.2, 0.25) is 0 Å². The van der Waals surface area contributed by atoms with Crippen LogP contribution in [-0.4, -0.2) is 0 Å². The quantitative estimate of drug-likeness (QED) is 0.146. The summed E-state index contributed by atoms with van der Waals surface area (Å²) < 4.78 is 7.97. The summed E-state index contributed by atoms with van der Waals surface area (Å²) in [4.78, 5) is 0. The zero-order valence-electron chi connectivity index (χ0n) is 35.4. The van der Waals surface area contributed by atoms with Crippen LogP contribution in [0.3, 0.4) is 0 Å². The van der Waals surface area contributed by atoms with E-state index < -0.39 is 0 Å². The lowest BCUT2D eigenvalue weighted by molar-refractivity contribution is 1.62. The molecule has 0 bridgehead atoms. The SMILES string of the molecule is C=C.c1ccc(-c2cc(-c3ccc(-c4cccc5c4sc4ccccc45)cc3)c3sc4c(-c5ccc(-c6cccc7c6sc6ccccc67)cc5)cc(-c5ccccc5)cc4c3c2)cc1. The predicted molar refractivity (Wildman–Crippen MR) is 289 cm³/mol. The van der Waals surface area contributed by atoms with Crippen LogP contribution in [0.1, 0.15) is 0 Å². The molecule has 0 aliphatic rings. The lowest BCUT2D eigenvalue weighted by Crippen LogP contribution is -1.85. The van der Waals surface area contributed by atoms with Gasteiger partial charge < -0.3 is 0 Å². The number of fused-ring (bicyclic) bond motifs is 9. The monoisotopic (exact) mass is 880 g/mol. The predicted octanol–water partition coefficient (Wildman–Crippen LogP) is 19.6. The summed E-state index contributed by atoms with van der Waals surface area (Å²) in [5, 5.41) is 7.89. The van der Waals surface area contributed by atoms with Crippen molar-refractivity contribution in [1.29, 1.82) is 0 Å². The third-order valence-electron chi connectivity index (χ3n) is 12.7. The molecular formula is C62H40S3. The highest BCUT2D eigenvalue weighted by molar-refractivity contribution is 7.27. The van der Waals surface area contributed by atoms with Crippen LogP contribution in [0, 0.1) is 0 Å². The van der Waals surface area contributed by atoms with Crippen molar-refractivity contribution in [3.05, 3.63) is 232 Å². The second-order valence-electron chi connectivity index (χ2n) is 16.4. The maximum Gasteiger partial charge on any atom is 0.0434 e. The van der Waals surface area contributed by atoms with E-state index >= 15 is 0 Å². The molecule has 0 spiro atoms. The van der Waals surface area contributed by atoms with Crippen LogP contribution < -0.4 is 0 Å². The molecule has 13 aromatic rings. The minimum Gasteiger partial charge on any atom is -0.135 e. The molecule has 0 amide bonds. The van der Waals surface area contributed by atoms with Gasteiger partial charge in [-0.15, -0.1) is 47.2 Å². The Morgan fingerprint density at radius 1 is 0.215 bits per heavy atom. The first-order valence-electron chi connectivity index (χ1n) is 21.9. The average molecular weight is 881 g/mol. The van der Waals surface area contributed by atoms with Crippen LogP contribution in [0.15, 0.2) is 232 Å². The molecule has 306 valence electrons. The highest BCUT2D eigenvalue weighted by Gasteiger charge is 2.19. The molecule has 13 rings (SSSR count). The van der Waals surface area contributed by atoms with E-state index in [9.17, 15) is 0 Å². The van der Waals surface area contributed by atoms with Gasteiger partial charge in [0.15, 0.2) is 0 Å². The largest absolute Gasteiger partial charge is 0.135 e. The maximum atomic E-state index is 3.00. The molecule has 0 radical (unpaired) electrons. The Balaban J connectivity index is 0.00000219. The van der Waals surface area contributed by atoms with Gasteiger partial charge in [-0.05, 0) is 92.0 Å². The van der Waals surface area contributed by atoms with E-state index in [1.807, 2.05) is 34.0 Å². The lowest BCUT2D eigenvalue weighted by atomic mass is 9.92. The van der Waals surface area contributed by atoms with Gasteiger partial charge in [0, 0.05) is 71.6 Å². The van der Waals surface area contributed by atoms with Crippen molar-refractivity contribution in [2.24, 2.45) is 0 Å². The molecule has 0 unspecified atom stereocenters. The molecule has 0 saturated carbocycles. The number of hydrogen-bond acceptors (Lipinski definition) is 3. The molecule has 65 heavy (non-hydrogen) atoms. The van der Waals surface area contributed by atoms with Crippen LogP contribution in [-0.2, 0) is 0 Å². The molecule has 3 aromatic heterocycles. The first kappa shape index (κ1) is 39.2. The van der Waals surface area contributed by atoms with Crippen molar-refractivity contribution in [3.8, 4) is 66.8 Å². The van der Waals surface area contributed by atoms with Gasteiger partial charge in [-0.2, -0.15) is 0 Å². The molecule has 0 fully saturated rings. The summed E-state index contributed by atoms with van der Waals surface area (Å²) in [6.07, 6.45) is 0. The van der Waals surface area contributed by atoms with E-state index in [2.05, 4.69) is 232 Å². The summed E-state index contributed by atoms with van der Waals surface area (Å²) in [6, 6.07) is 81.0. The molecule has 0 atom stereocenters. The molecule has 0 aliphatic carbocycles. The lowest BCUT2D eigenvalue weighted by Gasteiger charge is -2.11. The summed E-state index contributed by atoms with van der Waals surface area (Å²) in [5.41, 5.74) is 14.9. The van der Waals surface area contributed by atoms with Crippen LogP contribution in [0.2, 0.25) is 0 Å². The standard InChI is InChI=1S/C60H36S3.C2H4/c1-3-13-37(14-4-1)43-33-51(41-29-25-39(26-30-41)45-19-11-21-49-47-17-7-9-23-55(47)61-57(45)49)59-53(35-43)54-36-44(38-15-5-2-6-16-38)34-52(60(54)63-59)42-31-27-40(28-32-42)46-20-12-22-50-48-18-8-10-24-56(48)62-58(46)50;1-2/h1-36H;1-2H2. The number of thiophene rings is 3. The fraction of sp³-hybridized carbons (Fsp3) is 0. The van der Waals surface area contributed by atoms with Crippen molar-refractivity contribution < 1.29 is 0 Å². The zero-order valence-corrected chi connectivity index (χ0v) is 37.9. The first-order valence-corrected chi connectivity index (χ1v) is 24.3. The van der Waals surface area contributed by atoms with E-state index in [1.54, 1.807) is 0 Å². The van der Waals surface area contributed by atoms with Gasteiger partial charge in [0.1, 0.15) is 0 Å². The molecular weight excluding hydrogens is 841 g/mol. The third kappa shape index (κ3) is 6.71.